The zero-order chi connectivity index (χ0) is 62.3. The number of aliphatic hydroxyl groups excluding tert-OH is 1. The van der Waals surface area contributed by atoms with Crippen LogP contribution in [-0.4, -0.2) is 141 Å². The van der Waals surface area contributed by atoms with Crippen molar-refractivity contribution >= 4 is 97.9 Å². The van der Waals surface area contributed by atoms with E-state index in [9.17, 15) is 58.5 Å². The van der Waals surface area contributed by atoms with Gasteiger partial charge in [0.2, 0.25) is 47.3 Å². The highest BCUT2D eigenvalue weighted by Crippen LogP contribution is 2.25. The zero-order valence-corrected chi connectivity index (χ0v) is 49.2. The molecule has 458 valence electrons. The number of nitrogens with one attached hydrogen (secondary N) is 9. The first-order valence-corrected chi connectivity index (χ1v) is 30.3. The van der Waals surface area contributed by atoms with Gasteiger partial charge in [-0.3, -0.25) is 38.4 Å². The first kappa shape index (κ1) is 66.7. The molecule has 1 saturated heterocycles. The number of amides is 10. The maximum absolute atomic E-state index is 14.9. The van der Waals surface area contributed by atoms with Gasteiger partial charge in [-0.25, -0.2) is 4.79 Å². The lowest BCUT2D eigenvalue weighted by molar-refractivity contribution is -0.136. The van der Waals surface area contributed by atoms with Crippen LogP contribution in [0.3, 0.4) is 0 Å². The molecule has 2 unspecified atom stereocenters. The van der Waals surface area contributed by atoms with Crippen molar-refractivity contribution in [2.45, 2.75) is 106 Å². The lowest BCUT2D eigenvalue weighted by Crippen LogP contribution is -2.62. The molecule has 10 amide bonds. The highest BCUT2D eigenvalue weighted by Gasteiger charge is 2.36. The Morgan fingerprint density at radius 1 is 0.616 bits per heavy atom. The average Bonchev–Trinajstić information content (AvgIpc) is 3.64. The van der Waals surface area contributed by atoms with Crippen LogP contribution in [0.15, 0.2) is 127 Å². The third-order valence-electron chi connectivity index (χ3n) is 13.5. The molecule has 5 aromatic rings. The Kier molecular flexibility index (Phi) is 25.9. The molecule has 9 atom stereocenters. The maximum Gasteiger partial charge on any atom is 0.323 e. The van der Waals surface area contributed by atoms with Crippen LogP contribution in [-0.2, 0) is 64.0 Å². The number of benzene rings is 5. The van der Waals surface area contributed by atoms with Gasteiger partial charge in [0.25, 0.3) is 0 Å². The number of para-hydroxylation sites is 1. The van der Waals surface area contributed by atoms with Gasteiger partial charge in [-0.15, -0.1) is 0 Å². The van der Waals surface area contributed by atoms with Crippen molar-refractivity contribution in [3.05, 3.63) is 155 Å². The summed E-state index contributed by atoms with van der Waals surface area (Å²) in [5.41, 5.74) is 21.0. The number of carbonyl (C=O) groups excluding carboxylic acids is 9. The van der Waals surface area contributed by atoms with E-state index < -0.39 is 108 Å². The second-order valence-corrected chi connectivity index (χ2v) is 23.4. The van der Waals surface area contributed by atoms with E-state index in [0.29, 0.717) is 45.1 Å². The number of phenolic OH excluding ortho intramolecular Hbond substituents is 2. The molecule has 0 spiro atoms. The average molecular weight is 1240 g/mol. The van der Waals surface area contributed by atoms with Gasteiger partial charge in [-0.05, 0) is 122 Å². The van der Waals surface area contributed by atoms with Gasteiger partial charge in [0.15, 0.2) is 0 Å². The number of phenols is 2. The normalized spacial score (nSPS) is 20.2. The Morgan fingerprint density at radius 3 is 1.69 bits per heavy atom. The Hall–Kier alpha value is -8.40. The minimum atomic E-state index is -1.77. The van der Waals surface area contributed by atoms with Gasteiger partial charge < -0.3 is 80.4 Å². The number of hydrogen-bond donors (Lipinski definition) is 15. The van der Waals surface area contributed by atoms with Crippen molar-refractivity contribution in [2.24, 2.45) is 17.2 Å². The molecule has 24 nitrogen and oxygen atoms in total. The van der Waals surface area contributed by atoms with Crippen LogP contribution in [0.5, 0.6) is 11.5 Å². The van der Waals surface area contributed by atoms with Gasteiger partial charge in [-0.2, -0.15) is 0 Å². The fraction of sp³-hybridized carbons (Fsp3) is 0.339. The molecule has 18 N–H and O–H groups in total. The van der Waals surface area contributed by atoms with E-state index in [1.807, 2.05) is 0 Å². The third-order valence-corrected chi connectivity index (χ3v) is 16.2. The molecule has 1 heterocycles. The van der Waals surface area contributed by atoms with Gasteiger partial charge in [-0.1, -0.05) is 99.9 Å². The Morgan fingerprint density at radius 2 is 1.12 bits per heavy atom. The second-order valence-electron chi connectivity index (χ2n) is 20.4. The van der Waals surface area contributed by atoms with Crippen LogP contribution in [0.2, 0.25) is 5.02 Å². The summed E-state index contributed by atoms with van der Waals surface area (Å²) in [6, 6.07) is 20.9. The minimum Gasteiger partial charge on any atom is -0.508 e. The first-order chi connectivity index (χ1) is 41.1. The summed E-state index contributed by atoms with van der Waals surface area (Å²) in [7, 11) is 1.91. The minimum absolute atomic E-state index is 0.0225. The summed E-state index contributed by atoms with van der Waals surface area (Å²) < 4.78 is 0. The quantitative estimate of drug-likeness (QED) is 0.0390. The molecule has 0 aliphatic carbocycles. The fourth-order valence-corrected chi connectivity index (χ4v) is 11.2. The van der Waals surface area contributed by atoms with Crippen molar-refractivity contribution < 1.29 is 58.5 Å². The van der Waals surface area contributed by atoms with Crippen LogP contribution in [0.4, 0.5) is 16.2 Å². The van der Waals surface area contributed by atoms with E-state index in [2.05, 4.69) is 47.9 Å². The molecule has 1 aliphatic heterocycles. The number of primary amides is 1. The smallest absolute Gasteiger partial charge is 0.323 e. The standard InChI is InChI=1S/C59H71ClN12O12S2/c1-33(73)50-58(83)71-49(56(81)67-45(51(63)76)28-36-14-22-41(74)23-15-36)32-86-85-31-48(70-52(77)43(62)27-34-10-18-38(60)19-11-34)57(82)69-47(30-37-16-24-42(75)25-17-37)55(80)68-46(54(79)66-44(53(78)72-50)9-5-6-26-61)29-35-12-20-40(21-13-35)65-59(84)64-39-7-3-2-4-8-39/h2-4,7-8,10-25,33,43-50,73-75H,5-6,9,26-32,61-62H2,1H3,(H2,63,76)(H,66,79)(H,67,81)(H,68,80)(H,69,82)(H,70,77)(H,71,83)(H,72,78)(H2,64,65,84)/t33?,43-,44-,45+,46+,47-,48+,49-,50?/m0/s1. The number of rotatable bonds is 20. The van der Waals surface area contributed by atoms with E-state index in [-0.39, 0.29) is 68.1 Å². The number of anilines is 2. The summed E-state index contributed by atoms with van der Waals surface area (Å²) >= 11 is 6.09. The van der Waals surface area contributed by atoms with Crippen molar-refractivity contribution in [1.82, 2.24) is 37.2 Å². The number of carbonyl (C=O) groups is 9. The van der Waals surface area contributed by atoms with E-state index in [4.69, 9.17) is 28.8 Å². The van der Waals surface area contributed by atoms with Gasteiger partial charge in [0.1, 0.15) is 53.8 Å². The number of hydrogen-bond acceptors (Lipinski definition) is 16. The zero-order valence-electron chi connectivity index (χ0n) is 46.8. The molecular formula is C59H71ClN12O12S2. The third kappa shape index (κ3) is 21.6. The number of urea groups is 1. The summed E-state index contributed by atoms with van der Waals surface area (Å²) in [5.74, 6) is -8.05. The lowest BCUT2D eigenvalue weighted by atomic mass is 10.0. The lowest BCUT2D eigenvalue weighted by Gasteiger charge is -2.29. The van der Waals surface area contributed by atoms with Crippen molar-refractivity contribution in [3.63, 3.8) is 0 Å². The van der Waals surface area contributed by atoms with Crippen LogP contribution in [0.25, 0.3) is 0 Å². The van der Waals surface area contributed by atoms with Gasteiger partial charge >= 0.3 is 6.03 Å². The number of aliphatic hydroxyl groups is 1. The van der Waals surface area contributed by atoms with E-state index in [1.165, 1.54) is 55.5 Å². The van der Waals surface area contributed by atoms with Crippen LogP contribution in [0.1, 0.15) is 48.4 Å². The van der Waals surface area contributed by atoms with Crippen molar-refractivity contribution in [1.29, 1.82) is 0 Å². The number of unbranched alkanes of at least 4 members (excludes halogenated alkanes) is 1. The molecule has 6 rings (SSSR count). The number of aromatic hydroxyl groups is 2. The highest BCUT2D eigenvalue weighted by atomic mass is 35.5. The monoisotopic (exact) mass is 1240 g/mol. The molecule has 0 radical (unpaired) electrons. The van der Waals surface area contributed by atoms with Crippen molar-refractivity contribution in [2.75, 3.05) is 28.7 Å². The fourth-order valence-electron chi connectivity index (χ4n) is 8.77. The van der Waals surface area contributed by atoms with Gasteiger partial charge in [0, 0.05) is 47.2 Å². The molecule has 1 aliphatic rings. The summed E-state index contributed by atoms with van der Waals surface area (Å²) in [5, 5.41) is 55.5. The first-order valence-electron chi connectivity index (χ1n) is 27.5. The van der Waals surface area contributed by atoms with E-state index >= 15 is 0 Å². The molecule has 5 aromatic carbocycles. The van der Waals surface area contributed by atoms with E-state index in [1.54, 1.807) is 78.9 Å². The SMILES string of the molecule is CC(O)C1NC(=O)[C@H](CCCCN)NC(=O)[C@@H](Cc2ccc(NC(=O)Nc3ccccc3)cc2)NC(=O)[C@H](Cc2ccc(O)cc2)NC(=O)[C@H](NC(=O)[C@@H](N)Cc2ccc(Cl)cc2)CSSC[C@@H](C(=O)N[C@H](Cc2ccc(O)cc2)C(N)=O)NC1=O. The van der Waals surface area contributed by atoms with Crippen LogP contribution < -0.4 is 65.1 Å². The Balaban J connectivity index is 1.38. The topological polar surface area (TPSA) is 401 Å². The predicted molar refractivity (Wildman–Crippen MR) is 328 cm³/mol. The predicted octanol–water partition coefficient (Wildman–Crippen LogP) is 1.78. The number of halogens is 1. The highest BCUT2D eigenvalue weighted by molar-refractivity contribution is 8.76. The van der Waals surface area contributed by atoms with Gasteiger partial charge in [0.05, 0.1) is 12.1 Å². The number of nitrogens with two attached hydrogens (primary N) is 3. The van der Waals surface area contributed by atoms with Crippen LogP contribution in [0, 0.1) is 0 Å². The molecular weight excluding hydrogens is 1170 g/mol. The largest absolute Gasteiger partial charge is 0.508 e. The molecule has 0 saturated carbocycles. The molecule has 0 aromatic heterocycles. The molecule has 86 heavy (non-hydrogen) atoms. The molecule has 1 fully saturated rings. The summed E-state index contributed by atoms with van der Waals surface area (Å²) in [4.78, 5) is 127. The summed E-state index contributed by atoms with van der Waals surface area (Å²) in [6.07, 6.45) is -1.58. The maximum atomic E-state index is 14.9. The molecule has 27 heteroatoms. The molecule has 0 bridgehead atoms. The summed E-state index contributed by atoms with van der Waals surface area (Å²) in [6.45, 7) is 1.42. The Labute approximate surface area is 509 Å². The van der Waals surface area contributed by atoms with E-state index in [0.717, 1.165) is 21.6 Å². The second kappa shape index (κ2) is 33.3. The Bertz CT molecular complexity index is 3120. The van der Waals surface area contributed by atoms with Crippen molar-refractivity contribution in [3.8, 4) is 11.5 Å². The van der Waals surface area contributed by atoms with Crippen LogP contribution >= 0.6 is 33.2 Å².